The van der Waals surface area contributed by atoms with Crippen molar-refractivity contribution in [1.82, 2.24) is 10.2 Å². The Balaban J connectivity index is 4.06. The molecule has 21 heavy (non-hydrogen) atoms. The topological polar surface area (TPSA) is 41.6 Å². The van der Waals surface area contributed by atoms with E-state index in [1.54, 1.807) is 0 Å². The number of carbonyl (C=O) groups is 1. The van der Waals surface area contributed by atoms with Gasteiger partial charge in [0, 0.05) is 6.04 Å². The van der Waals surface area contributed by atoms with Crippen molar-refractivity contribution in [3.8, 4) is 0 Å². The highest BCUT2D eigenvalue weighted by Crippen LogP contribution is 2.17. The van der Waals surface area contributed by atoms with Gasteiger partial charge in [-0.3, -0.25) is 10.1 Å². The second-order valence-corrected chi connectivity index (χ2v) is 6.59. The number of methoxy groups -OCH3 is 1. The molecule has 126 valence electrons. The number of nitrogens with one attached hydrogen (secondary N) is 1. The lowest BCUT2D eigenvalue weighted by Crippen LogP contribution is -2.52. The van der Waals surface area contributed by atoms with E-state index in [0.29, 0.717) is 0 Å². The highest BCUT2D eigenvalue weighted by Gasteiger charge is 2.33. The minimum atomic E-state index is -0.566. The van der Waals surface area contributed by atoms with Crippen LogP contribution in [-0.2, 0) is 9.53 Å². The van der Waals surface area contributed by atoms with Gasteiger partial charge in [0.2, 0.25) is 0 Å². The van der Waals surface area contributed by atoms with Gasteiger partial charge >= 0.3 is 5.97 Å². The smallest absolute Gasteiger partial charge is 0.325 e. The van der Waals surface area contributed by atoms with Crippen LogP contribution in [-0.4, -0.2) is 49.7 Å². The van der Waals surface area contributed by atoms with E-state index in [4.69, 9.17) is 4.74 Å². The fourth-order valence-corrected chi connectivity index (χ4v) is 2.70. The third-order valence-electron chi connectivity index (χ3n) is 3.85. The van der Waals surface area contributed by atoms with Crippen molar-refractivity contribution < 1.29 is 9.53 Å². The molecule has 0 saturated carbocycles. The molecule has 0 rings (SSSR count). The number of ether oxygens (including phenoxy) is 1. The van der Waals surface area contributed by atoms with E-state index in [-0.39, 0.29) is 12.0 Å². The van der Waals surface area contributed by atoms with Gasteiger partial charge in [-0.2, -0.15) is 0 Å². The van der Waals surface area contributed by atoms with E-state index in [2.05, 4.69) is 38.0 Å². The number of hydrogen-bond donors (Lipinski definition) is 1. The second kappa shape index (κ2) is 11.0. The average Bonchev–Trinajstić information content (AvgIpc) is 2.42. The zero-order valence-electron chi connectivity index (χ0n) is 15.0. The predicted octanol–water partition coefficient (Wildman–Crippen LogP) is 3.21. The van der Waals surface area contributed by atoms with Crippen molar-refractivity contribution in [1.29, 1.82) is 0 Å². The van der Waals surface area contributed by atoms with Gasteiger partial charge in [0.1, 0.15) is 5.54 Å². The lowest BCUT2D eigenvalue weighted by atomic mass is 9.93. The second-order valence-electron chi connectivity index (χ2n) is 6.59. The fourth-order valence-electron chi connectivity index (χ4n) is 2.70. The van der Waals surface area contributed by atoms with E-state index < -0.39 is 5.54 Å². The third kappa shape index (κ3) is 9.10. The molecule has 0 radical (unpaired) electrons. The van der Waals surface area contributed by atoms with Crippen LogP contribution in [0, 0.1) is 0 Å². The quantitative estimate of drug-likeness (QED) is 0.444. The monoisotopic (exact) mass is 300 g/mol. The van der Waals surface area contributed by atoms with Crippen LogP contribution in [0.3, 0.4) is 0 Å². The van der Waals surface area contributed by atoms with E-state index in [1.165, 1.54) is 32.9 Å². The normalized spacial score (nSPS) is 14.5. The Morgan fingerprint density at radius 2 is 1.76 bits per heavy atom. The van der Waals surface area contributed by atoms with Crippen LogP contribution >= 0.6 is 0 Å². The Hall–Kier alpha value is -0.610. The number of unbranched alkanes of at least 4 members (excludes halogenated alkanes) is 3. The molecular weight excluding hydrogens is 264 g/mol. The van der Waals surface area contributed by atoms with Crippen molar-refractivity contribution >= 4 is 5.97 Å². The fraction of sp³-hybridized carbons (Fsp3) is 0.941. The SMILES string of the molecule is CCCCCN(C)CCCCC(C)(NC(C)C)C(=O)OC. The summed E-state index contributed by atoms with van der Waals surface area (Å²) in [5, 5.41) is 3.35. The average molecular weight is 300 g/mol. The largest absolute Gasteiger partial charge is 0.468 e. The van der Waals surface area contributed by atoms with Gasteiger partial charge in [0.15, 0.2) is 0 Å². The van der Waals surface area contributed by atoms with Crippen molar-refractivity contribution in [2.24, 2.45) is 0 Å². The van der Waals surface area contributed by atoms with Gasteiger partial charge in [-0.25, -0.2) is 0 Å². The summed E-state index contributed by atoms with van der Waals surface area (Å²) in [5.41, 5.74) is -0.566. The molecule has 0 aliphatic heterocycles. The van der Waals surface area contributed by atoms with Crippen LogP contribution in [0.5, 0.6) is 0 Å². The summed E-state index contributed by atoms with van der Waals surface area (Å²) in [6.45, 7) is 10.6. The molecule has 1 atom stereocenters. The first-order valence-corrected chi connectivity index (χ1v) is 8.40. The van der Waals surface area contributed by atoms with Gasteiger partial charge in [0.25, 0.3) is 0 Å². The van der Waals surface area contributed by atoms with Gasteiger partial charge in [0.05, 0.1) is 7.11 Å². The summed E-state index contributed by atoms with van der Waals surface area (Å²) in [5.74, 6) is -0.160. The molecule has 0 fully saturated rings. The molecule has 0 saturated heterocycles. The van der Waals surface area contributed by atoms with E-state index in [0.717, 1.165) is 25.8 Å². The molecule has 0 aliphatic rings. The van der Waals surface area contributed by atoms with E-state index in [1.807, 2.05) is 6.92 Å². The minimum Gasteiger partial charge on any atom is -0.468 e. The molecule has 0 heterocycles. The molecule has 1 unspecified atom stereocenters. The minimum absolute atomic E-state index is 0.160. The van der Waals surface area contributed by atoms with Crippen LogP contribution in [0.15, 0.2) is 0 Å². The maximum atomic E-state index is 12.0. The molecule has 4 nitrogen and oxygen atoms in total. The lowest BCUT2D eigenvalue weighted by molar-refractivity contribution is -0.148. The van der Waals surface area contributed by atoms with Crippen molar-refractivity contribution in [2.75, 3.05) is 27.2 Å². The van der Waals surface area contributed by atoms with Crippen molar-refractivity contribution in [3.63, 3.8) is 0 Å². The summed E-state index contributed by atoms with van der Waals surface area (Å²) in [6, 6.07) is 0.269. The molecule has 0 bridgehead atoms. The lowest BCUT2D eigenvalue weighted by Gasteiger charge is -2.30. The molecule has 4 heteroatoms. The zero-order chi connectivity index (χ0) is 16.3. The summed E-state index contributed by atoms with van der Waals surface area (Å²) >= 11 is 0. The molecule has 1 N–H and O–H groups in total. The number of hydrogen-bond acceptors (Lipinski definition) is 4. The number of nitrogens with zero attached hydrogens (tertiary/aromatic N) is 1. The Morgan fingerprint density at radius 1 is 1.19 bits per heavy atom. The first-order chi connectivity index (χ1) is 9.85. The van der Waals surface area contributed by atoms with Crippen molar-refractivity contribution in [3.05, 3.63) is 0 Å². The highest BCUT2D eigenvalue weighted by molar-refractivity contribution is 5.80. The van der Waals surface area contributed by atoms with Gasteiger partial charge in [-0.15, -0.1) is 0 Å². The van der Waals surface area contributed by atoms with Crippen molar-refractivity contribution in [2.45, 2.75) is 77.8 Å². The summed E-state index contributed by atoms with van der Waals surface area (Å²) < 4.78 is 4.95. The summed E-state index contributed by atoms with van der Waals surface area (Å²) in [6.07, 6.45) is 6.83. The Bertz CT molecular complexity index is 282. The summed E-state index contributed by atoms with van der Waals surface area (Å²) in [7, 11) is 3.64. The number of esters is 1. The number of rotatable bonds is 12. The van der Waals surface area contributed by atoms with Crippen LogP contribution in [0.25, 0.3) is 0 Å². The Kier molecular flexibility index (Phi) is 10.7. The third-order valence-corrected chi connectivity index (χ3v) is 3.85. The molecule has 0 aromatic rings. The van der Waals surface area contributed by atoms with Crippen LogP contribution in [0.1, 0.15) is 66.2 Å². The predicted molar refractivity (Wildman–Crippen MR) is 89.6 cm³/mol. The van der Waals surface area contributed by atoms with E-state index in [9.17, 15) is 4.79 Å². The zero-order valence-corrected chi connectivity index (χ0v) is 15.0. The van der Waals surface area contributed by atoms with Gasteiger partial charge < -0.3 is 9.64 Å². The first-order valence-electron chi connectivity index (χ1n) is 8.40. The molecule has 0 amide bonds. The molecule has 0 spiro atoms. The van der Waals surface area contributed by atoms with Gasteiger partial charge in [-0.1, -0.05) is 19.8 Å². The van der Waals surface area contributed by atoms with Crippen LogP contribution < -0.4 is 5.32 Å². The Labute approximate surface area is 131 Å². The van der Waals surface area contributed by atoms with E-state index >= 15 is 0 Å². The first kappa shape index (κ1) is 20.4. The molecular formula is C17H36N2O2. The van der Waals surface area contributed by atoms with Crippen LogP contribution in [0.2, 0.25) is 0 Å². The molecule has 0 aliphatic carbocycles. The maximum Gasteiger partial charge on any atom is 0.325 e. The standard InChI is InChI=1S/C17H36N2O2/c1-7-8-10-13-19(5)14-11-9-12-17(4,16(20)21-6)18-15(2)3/h15,18H,7-14H2,1-6H3. The van der Waals surface area contributed by atoms with Crippen LogP contribution in [0.4, 0.5) is 0 Å². The van der Waals surface area contributed by atoms with Gasteiger partial charge in [-0.05, 0) is 66.6 Å². The molecule has 0 aromatic carbocycles. The summed E-state index contributed by atoms with van der Waals surface area (Å²) in [4.78, 5) is 14.4. The highest BCUT2D eigenvalue weighted by atomic mass is 16.5. The Morgan fingerprint density at radius 3 is 2.24 bits per heavy atom. The maximum absolute atomic E-state index is 12.0. The number of carbonyl (C=O) groups excluding carboxylic acids is 1. The molecule has 0 aromatic heterocycles.